The molecule has 4 aliphatic carbocycles. The summed E-state index contributed by atoms with van der Waals surface area (Å²) in [5, 5.41) is 1.78. The van der Waals surface area contributed by atoms with Crippen LogP contribution >= 0.6 is 0 Å². The summed E-state index contributed by atoms with van der Waals surface area (Å²) in [6.07, 6.45) is 1.74. The zero-order valence-corrected chi connectivity index (χ0v) is 73.2. The molecule has 33 heteroatoms. The third-order valence-electron chi connectivity index (χ3n) is 27.7. The molecule has 11 aromatic rings. The van der Waals surface area contributed by atoms with E-state index in [4.69, 9.17) is 65.7 Å². The number of rotatable bonds is 32. The Morgan fingerprint density at radius 2 is 0.615 bits per heavy atom. The second-order valence-corrected chi connectivity index (χ2v) is 37.4. The second kappa shape index (κ2) is 36.1. The molecule has 706 valence electrons. The highest BCUT2D eigenvalue weighted by Crippen LogP contribution is 2.60. The number of carbonyl (C=O) groups excluding carboxylic acids is 6. The summed E-state index contributed by atoms with van der Waals surface area (Å²) in [6, 6.07) is 23.2. The summed E-state index contributed by atoms with van der Waals surface area (Å²) in [6.45, 7) is 3.47. The van der Waals surface area contributed by atoms with Gasteiger partial charge < -0.3 is 76.3 Å². The fraction of sp³-hybridized carbons (Fsp3) is 0.431. The lowest BCUT2D eigenvalue weighted by atomic mass is 9.80. The van der Waals surface area contributed by atoms with E-state index >= 15 is 28.8 Å². The molecule has 2 aromatic heterocycles. The van der Waals surface area contributed by atoms with Crippen molar-refractivity contribution in [1.82, 2.24) is 20.4 Å². The molecule has 8 heterocycles. The Morgan fingerprint density at radius 1 is 0.356 bits per heavy atom. The van der Waals surface area contributed by atoms with Crippen LogP contribution in [0.1, 0.15) is 200 Å². The van der Waals surface area contributed by atoms with Crippen LogP contribution in [0.4, 0.5) is 39.5 Å². The Labute approximate surface area is 767 Å². The maximum Gasteiger partial charge on any atom is 0.417 e. The van der Waals surface area contributed by atoms with E-state index in [1.165, 1.54) is 24.3 Å². The summed E-state index contributed by atoms with van der Waals surface area (Å²) in [5.74, 6) is -8.47. The van der Waals surface area contributed by atoms with Gasteiger partial charge in [-0.05, 0) is 279 Å². The van der Waals surface area contributed by atoms with Gasteiger partial charge >= 0.3 is 18.5 Å². The number of imide groups is 2. The number of fused-ring (bicyclic) bond motifs is 2. The molecule has 6 amide bonds. The Morgan fingerprint density at radius 3 is 0.852 bits per heavy atom. The Hall–Kier alpha value is -12.3. The maximum absolute atomic E-state index is 16.7. The van der Waals surface area contributed by atoms with Gasteiger partial charge in [-0.2, -0.15) is 39.5 Å². The van der Waals surface area contributed by atoms with Gasteiger partial charge in [-0.25, -0.2) is 0 Å². The number of nitrogens with one attached hydrogen (secondary N) is 2. The van der Waals surface area contributed by atoms with E-state index in [1.807, 2.05) is 5.32 Å². The number of hydrogen-bond donors (Lipinski definition) is 2. The van der Waals surface area contributed by atoms with Gasteiger partial charge in [0, 0.05) is 43.1 Å². The van der Waals surface area contributed by atoms with E-state index in [2.05, 4.69) is 0 Å². The number of hydrogen-bond acceptors (Lipinski definition) is 20. The van der Waals surface area contributed by atoms with Crippen LogP contribution in [-0.4, -0.2) is 151 Å². The number of epoxide rings is 4. The van der Waals surface area contributed by atoms with Crippen molar-refractivity contribution in [3.63, 3.8) is 0 Å². The van der Waals surface area contributed by atoms with Crippen LogP contribution in [0.3, 0.4) is 0 Å². The fourth-order valence-electron chi connectivity index (χ4n) is 21.1. The monoisotopic (exact) mass is 1870 g/mol. The molecule has 15 atom stereocenters. The maximum atomic E-state index is 16.7. The van der Waals surface area contributed by atoms with E-state index in [9.17, 15) is 39.5 Å². The molecule has 4 saturated carbocycles. The molecular weight excluding hydrogens is 1770 g/mol. The van der Waals surface area contributed by atoms with Gasteiger partial charge in [-0.15, -0.1) is 0 Å². The first kappa shape index (κ1) is 89.2. The molecule has 0 bridgehead atoms. The summed E-state index contributed by atoms with van der Waals surface area (Å²) in [4.78, 5) is 97.5. The number of alkyl halides is 9. The van der Waals surface area contributed by atoms with E-state index in [-0.39, 0.29) is 143 Å². The average Bonchev–Trinajstić information content (AvgIpc) is 1.66. The van der Waals surface area contributed by atoms with E-state index in [1.54, 1.807) is 97.1 Å². The predicted molar refractivity (Wildman–Crippen MR) is 468 cm³/mol. The summed E-state index contributed by atoms with van der Waals surface area (Å²) in [7, 11) is 0. The number of ether oxygens (including phenoxy) is 12. The SMILES string of the molecule is CC(NC(=O)C(c1ccco1)N1C(=O)c2cc(Oc3ccc(OC4CCCC(CC5CO5)C4)cc3)c3c4c(Oc5ccc(OC6CCCC(CC7CO7)C6)cc5)cc5c6c(cc(Oc7ccc(OC8CCCC(CC9CO9)C8)cc7)c(c7c(Oc8ccc(OC9CCCC(CC%10CO%10)C9)cc8)cc(c2c37)C1=O)c64)C(=O)N(C(C(=O)NC(C(F)(F)F)C(F)(F)F)c1ccco1)C5=O)C(F)(F)F. The van der Waals surface area contributed by atoms with Crippen molar-refractivity contribution in [3.8, 4) is 69.0 Å². The topological polar surface area (TPSA) is 283 Å². The highest BCUT2D eigenvalue weighted by molar-refractivity contribution is 6.45. The van der Waals surface area contributed by atoms with E-state index in [0.29, 0.717) is 84.9 Å². The minimum Gasteiger partial charge on any atom is -0.490 e. The van der Waals surface area contributed by atoms with Crippen LogP contribution in [0.15, 0.2) is 167 Å². The minimum atomic E-state index is -6.20. The molecule has 6 aliphatic heterocycles. The van der Waals surface area contributed by atoms with Crippen molar-refractivity contribution in [1.29, 1.82) is 0 Å². The standard InChI is InChI=1S/C102H95F9N4O20/c1-52(100(103,104)105)112-93(116)91(77-16-6-34-122-77)114-95(118)73-44-79(132-61-26-18-57(19-27-61)128-65-12-2-8-53(36-65)40-69-48-124-69)85-87-81(134-63-30-22-59(23-31-63)130-67-14-4-10-55(38-67)42-71-50-126-71)46-75-84-76(98(121)115(97(75)120)92(78-17-7-35-123-78)94(117)113-99(101(106,107)108)102(109,110)111)47-82(135-64-32-24-60(25-33-64)131-68-15-5-11-56(39-68)43-72-51-127-72)88(90(84)87)86-80(45-74(96(114)119)83(73)89(85)86)133-62-28-20-58(21-29-62)129-66-13-3-9-54(37-66)41-70-49-125-70/h6-7,16-35,44-47,52-56,65-72,91-92,99H,2-5,8-15,36-43,48-51H2,1H3,(H,112,116)(H,113,117). The predicted octanol–water partition coefficient (Wildman–Crippen LogP) is 22.3. The van der Waals surface area contributed by atoms with Crippen molar-refractivity contribution in [3.05, 3.63) is 192 Å². The molecule has 0 spiro atoms. The lowest BCUT2D eigenvalue weighted by Gasteiger charge is -2.35. The van der Waals surface area contributed by atoms with Gasteiger partial charge in [0.05, 0.1) is 110 Å². The Kier molecular flexibility index (Phi) is 23.8. The van der Waals surface area contributed by atoms with Crippen molar-refractivity contribution < 1.29 is 134 Å². The first-order valence-electron chi connectivity index (χ1n) is 46.3. The van der Waals surface area contributed by atoms with Crippen molar-refractivity contribution >= 4 is 78.5 Å². The molecule has 8 fully saturated rings. The molecule has 2 N–H and O–H groups in total. The van der Waals surface area contributed by atoms with Crippen LogP contribution in [0, 0.1) is 23.7 Å². The first-order valence-corrected chi connectivity index (χ1v) is 46.3. The molecule has 135 heavy (non-hydrogen) atoms. The second-order valence-electron chi connectivity index (χ2n) is 37.4. The third kappa shape index (κ3) is 18.9. The molecule has 15 unspecified atom stereocenters. The van der Waals surface area contributed by atoms with Crippen LogP contribution in [0.5, 0.6) is 69.0 Å². The molecule has 9 aromatic carbocycles. The zero-order chi connectivity index (χ0) is 93.0. The third-order valence-corrected chi connectivity index (χ3v) is 27.7. The van der Waals surface area contributed by atoms with E-state index < -0.39 is 112 Å². The van der Waals surface area contributed by atoms with Gasteiger partial charge in [0.1, 0.15) is 86.6 Å². The largest absolute Gasteiger partial charge is 0.490 e. The number of nitrogens with zero attached hydrogens (tertiary/aromatic N) is 2. The number of amides is 6. The van der Waals surface area contributed by atoms with Crippen LogP contribution < -0.4 is 48.5 Å². The molecule has 24 nitrogen and oxygen atoms in total. The van der Waals surface area contributed by atoms with Crippen LogP contribution in [0.2, 0.25) is 0 Å². The van der Waals surface area contributed by atoms with E-state index in [0.717, 1.165) is 171 Å². The molecule has 21 rings (SSSR count). The molecule has 4 saturated heterocycles. The smallest absolute Gasteiger partial charge is 0.417 e. The molecule has 10 aliphatic rings. The number of benzene rings is 9. The number of halogens is 9. The molecular formula is C102H95F9N4O20. The highest BCUT2D eigenvalue weighted by Gasteiger charge is 2.59. The van der Waals surface area contributed by atoms with Gasteiger partial charge in [0.15, 0.2) is 12.1 Å². The summed E-state index contributed by atoms with van der Waals surface area (Å²) < 4.78 is 223. The fourth-order valence-corrected chi connectivity index (χ4v) is 21.1. The van der Waals surface area contributed by atoms with Gasteiger partial charge in [-0.1, -0.05) is 25.7 Å². The zero-order valence-electron chi connectivity index (χ0n) is 73.2. The minimum absolute atomic E-state index is 0.0107. The van der Waals surface area contributed by atoms with Crippen molar-refractivity contribution in [2.24, 2.45) is 23.7 Å². The van der Waals surface area contributed by atoms with Crippen LogP contribution in [-0.2, 0) is 28.5 Å². The van der Waals surface area contributed by atoms with Gasteiger partial charge in [0.25, 0.3) is 35.4 Å². The lowest BCUT2D eigenvalue weighted by molar-refractivity contribution is -0.258. The Bertz CT molecular complexity index is 5830. The van der Waals surface area contributed by atoms with Gasteiger partial charge in [0.2, 0.25) is 6.04 Å². The number of furan rings is 2. The van der Waals surface area contributed by atoms with Crippen molar-refractivity contribution in [2.75, 3.05) is 26.4 Å². The van der Waals surface area contributed by atoms with Gasteiger partial charge in [-0.3, -0.25) is 38.6 Å². The normalized spacial score (nSPS) is 24.6. The Balaban J connectivity index is 0.812. The summed E-state index contributed by atoms with van der Waals surface area (Å²) >= 11 is 0. The average molecular weight is 1870 g/mol. The lowest BCUT2D eigenvalue weighted by Crippen LogP contribution is -2.58. The highest BCUT2D eigenvalue weighted by atomic mass is 19.4. The summed E-state index contributed by atoms with van der Waals surface area (Å²) in [5.41, 5.74) is -1.97. The first-order chi connectivity index (χ1) is 65.1. The quantitative estimate of drug-likeness (QED) is 0.0130. The van der Waals surface area contributed by atoms with Crippen molar-refractivity contribution in [2.45, 2.75) is 227 Å². The van der Waals surface area contributed by atoms with Crippen LogP contribution in [0.25, 0.3) is 43.1 Å². The number of carbonyl (C=O) groups is 6. The molecule has 0 radical (unpaired) electrons.